The second-order valence-corrected chi connectivity index (χ2v) is 4.74. The van der Waals surface area contributed by atoms with Crippen molar-refractivity contribution in [3.63, 3.8) is 0 Å². The fraction of sp³-hybridized carbons (Fsp3) is 0.200. The average Bonchev–Trinajstić information content (AvgIpc) is 2.52. The number of nitrogens with one attached hydrogen (secondary N) is 1. The maximum atomic E-state index is 11.9. The summed E-state index contributed by atoms with van der Waals surface area (Å²) < 4.78 is 35.1. The number of carbonyl (C=O) groups excluding carboxylic acids is 1. The molecule has 0 aromatic carbocycles. The third-order valence-corrected chi connectivity index (χ3v) is 2.82. The number of nitrogens with two attached hydrogens (primary N) is 1. The van der Waals surface area contributed by atoms with E-state index in [0.717, 1.165) is 11.3 Å². The molecule has 0 saturated heterocycles. The summed E-state index contributed by atoms with van der Waals surface area (Å²) in [5, 5.41) is 1.19. The van der Waals surface area contributed by atoms with Crippen molar-refractivity contribution in [2.45, 2.75) is 0 Å². The second kappa shape index (κ2) is 3.88. The van der Waals surface area contributed by atoms with Gasteiger partial charge in [-0.3, -0.25) is 9.52 Å². The van der Waals surface area contributed by atoms with Crippen LogP contribution in [0.15, 0.2) is 5.38 Å². The highest BCUT2D eigenvalue weighted by Crippen LogP contribution is 2.16. The third kappa shape index (κ3) is 2.64. The number of carbonyl (C=O) groups is 1. The molecule has 3 N–H and O–H groups in total. The Labute approximate surface area is 83.0 Å². The maximum absolute atomic E-state index is 11.9. The van der Waals surface area contributed by atoms with Gasteiger partial charge < -0.3 is 5.73 Å². The van der Waals surface area contributed by atoms with E-state index in [1.165, 1.54) is 5.38 Å². The molecule has 1 aromatic rings. The molecule has 1 rings (SSSR count). The minimum absolute atomic E-state index is 0.0634. The van der Waals surface area contributed by atoms with Crippen LogP contribution >= 0.6 is 11.3 Å². The van der Waals surface area contributed by atoms with Crippen molar-refractivity contribution in [1.82, 2.24) is 4.98 Å². The number of hydrogen-bond acceptors (Lipinski definition) is 5. The number of thiazole rings is 1. The van der Waals surface area contributed by atoms with Gasteiger partial charge in [-0.05, 0) is 0 Å². The number of rotatable bonds is 4. The number of halogens is 1. The standard InChI is InChI=1S/C5H6FN3O3S2/c6-2-14(11,12)9-5-8-3(1-13-5)4(7)10/h1H,2H2,(H2,7,10)(H,8,9). The number of amides is 1. The summed E-state index contributed by atoms with van der Waals surface area (Å²) >= 11 is 0.851. The summed E-state index contributed by atoms with van der Waals surface area (Å²) in [5.74, 6) is -0.771. The van der Waals surface area contributed by atoms with Gasteiger partial charge >= 0.3 is 0 Å². The van der Waals surface area contributed by atoms with E-state index in [9.17, 15) is 17.6 Å². The van der Waals surface area contributed by atoms with Crippen LogP contribution in [0.1, 0.15) is 10.5 Å². The van der Waals surface area contributed by atoms with Crippen molar-refractivity contribution in [2.75, 3.05) is 10.7 Å². The van der Waals surface area contributed by atoms with Crippen LogP contribution in [0.25, 0.3) is 0 Å². The molecular weight excluding hydrogens is 233 g/mol. The molecule has 0 aliphatic heterocycles. The van der Waals surface area contributed by atoms with Crippen LogP contribution in [0, 0.1) is 0 Å². The molecule has 0 radical (unpaired) electrons. The van der Waals surface area contributed by atoms with Gasteiger partial charge in [-0.15, -0.1) is 11.3 Å². The number of primary amides is 1. The number of hydrogen-bond donors (Lipinski definition) is 2. The molecule has 1 amide bonds. The van der Waals surface area contributed by atoms with Gasteiger partial charge in [-0.25, -0.2) is 17.8 Å². The first-order valence-corrected chi connectivity index (χ1v) is 5.79. The van der Waals surface area contributed by atoms with Crippen molar-refractivity contribution in [3.8, 4) is 0 Å². The van der Waals surface area contributed by atoms with Crippen LogP contribution in [0.3, 0.4) is 0 Å². The van der Waals surface area contributed by atoms with Crippen molar-refractivity contribution in [2.24, 2.45) is 5.73 Å². The predicted molar refractivity (Wildman–Crippen MR) is 49.1 cm³/mol. The fourth-order valence-electron chi connectivity index (χ4n) is 0.594. The number of alkyl halides is 1. The summed E-state index contributed by atoms with van der Waals surface area (Å²) in [6.07, 6.45) is 0. The van der Waals surface area contributed by atoms with E-state index in [1.807, 2.05) is 4.72 Å². The Morgan fingerprint density at radius 1 is 1.71 bits per heavy atom. The molecule has 6 nitrogen and oxygen atoms in total. The number of anilines is 1. The van der Waals surface area contributed by atoms with Gasteiger partial charge in [0.25, 0.3) is 15.9 Å². The van der Waals surface area contributed by atoms with Crippen LogP contribution in [-0.4, -0.2) is 25.3 Å². The smallest absolute Gasteiger partial charge is 0.268 e. The highest BCUT2D eigenvalue weighted by molar-refractivity contribution is 7.92. The maximum Gasteiger partial charge on any atom is 0.268 e. The third-order valence-electron chi connectivity index (χ3n) is 1.14. The van der Waals surface area contributed by atoms with E-state index < -0.39 is 21.9 Å². The van der Waals surface area contributed by atoms with Gasteiger partial charge in [0.15, 0.2) is 5.13 Å². The van der Waals surface area contributed by atoms with Gasteiger partial charge in [0.05, 0.1) is 0 Å². The fourth-order valence-corrected chi connectivity index (χ4v) is 2.08. The summed E-state index contributed by atoms with van der Waals surface area (Å²) in [6, 6.07) is -1.54. The summed E-state index contributed by atoms with van der Waals surface area (Å²) in [4.78, 5) is 14.1. The zero-order chi connectivity index (χ0) is 10.8. The van der Waals surface area contributed by atoms with E-state index in [1.54, 1.807) is 0 Å². The number of sulfonamides is 1. The molecule has 78 valence electrons. The molecule has 0 fully saturated rings. The molecule has 0 bridgehead atoms. The molecule has 14 heavy (non-hydrogen) atoms. The quantitative estimate of drug-likeness (QED) is 0.766. The van der Waals surface area contributed by atoms with Crippen molar-refractivity contribution in [1.29, 1.82) is 0 Å². The minimum atomic E-state index is -4.01. The largest absolute Gasteiger partial charge is 0.364 e. The van der Waals surface area contributed by atoms with Crippen LogP contribution in [0.4, 0.5) is 9.52 Å². The molecule has 1 heterocycles. The van der Waals surface area contributed by atoms with E-state index in [2.05, 4.69) is 4.98 Å². The highest BCUT2D eigenvalue weighted by atomic mass is 32.2. The Hall–Kier alpha value is -1.22. The Balaban J connectivity index is 2.84. The summed E-state index contributed by atoms with van der Waals surface area (Å²) in [7, 11) is -4.01. The van der Waals surface area contributed by atoms with Crippen LogP contribution in [0.5, 0.6) is 0 Å². The lowest BCUT2D eigenvalue weighted by atomic mass is 10.5. The molecule has 0 unspecified atom stereocenters. The molecule has 0 atom stereocenters. The topological polar surface area (TPSA) is 102 Å². The summed E-state index contributed by atoms with van der Waals surface area (Å²) in [6.45, 7) is 0. The van der Waals surface area contributed by atoms with E-state index in [-0.39, 0.29) is 10.8 Å². The Morgan fingerprint density at radius 2 is 2.36 bits per heavy atom. The average molecular weight is 239 g/mol. The predicted octanol–water partition coefficient (Wildman–Crippen LogP) is -0.0893. The van der Waals surface area contributed by atoms with Crippen LogP contribution in [0.2, 0.25) is 0 Å². The van der Waals surface area contributed by atoms with Gasteiger partial charge in [0.1, 0.15) is 5.69 Å². The van der Waals surface area contributed by atoms with E-state index in [0.29, 0.717) is 0 Å². The molecular formula is C5H6FN3O3S2. The normalized spacial score (nSPS) is 11.2. The molecule has 0 aliphatic rings. The van der Waals surface area contributed by atoms with E-state index in [4.69, 9.17) is 5.73 Å². The Kier molecular flexibility index (Phi) is 3.01. The zero-order valence-corrected chi connectivity index (χ0v) is 8.36. The van der Waals surface area contributed by atoms with Crippen molar-refractivity contribution in [3.05, 3.63) is 11.1 Å². The minimum Gasteiger partial charge on any atom is -0.364 e. The number of aromatic nitrogens is 1. The monoisotopic (exact) mass is 239 g/mol. The van der Waals surface area contributed by atoms with Gasteiger partial charge in [0.2, 0.25) is 6.01 Å². The van der Waals surface area contributed by atoms with Gasteiger partial charge in [-0.1, -0.05) is 0 Å². The lowest BCUT2D eigenvalue weighted by molar-refractivity contribution is 0.0996. The van der Waals surface area contributed by atoms with Crippen LogP contribution < -0.4 is 10.5 Å². The van der Waals surface area contributed by atoms with Crippen molar-refractivity contribution < 1.29 is 17.6 Å². The first-order chi connectivity index (χ1) is 6.44. The van der Waals surface area contributed by atoms with Crippen molar-refractivity contribution >= 4 is 32.4 Å². The second-order valence-electron chi connectivity index (χ2n) is 2.23. The SMILES string of the molecule is NC(=O)c1csc(NS(=O)(=O)CF)n1. The van der Waals surface area contributed by atoms with Gasteiger partial charge in [0, 0.05) is 5.38 Å². The number of nitrogens with zero attached hydrogens (tertiary/aromatic N) is 1. The molecule has 0 spiro atoms. The summed E-state index contributed by atoms with van der Waals surface area (Å²) in [5.41, 5.74) is 4.81. The Bertz CT molecular complexity index is 441. The zero-order valence-electron chi connectivity index (χ0n) is 6.73. The Morgan fingerprint density at radius 3 is 2.79 bits per heavy atom. The lowest BCUT2D eigenvalue weighted by Crippen LogP contribution is -2.15. The molecule has 0 saturated carbocycles. The lowest BCUT2D eigenvalue weighted by Gasteiger charge is -1.98. The highest BCUT2D eigenvalue weighted by Gasteiger charge is 2.13. The molecule has 1 aromatic heterocycles. The van der Waals surface area contributed by atoms with E-state index >= 15 is 0 Å². The molecule has 9 heteroatoms. The van der Waals surface area contributed by atoms with Gasteiger partial charge in [-0.2, -0.15) is 0 Å². The first-order valence-electron chi connectivity index (χ1n) is 3.26. The molecule has 0 aliphatic carbocycles. The van der Waals surface area contributed by atoms with Crippen LogP contribution in [-0.2, 0) is 10.0 Å². The first kappa shape index (κ1) is 10.9.